The number of aromatic nitrogens is 2. The number of rotatable bonds is 7. The Morgan fingerprint density at radius 1 is 1.20 bits per heavy atom. The zero-order valence-electron chi connectivity index (χ0n) is 17.5. The van der Waals surface area contributed by atoms with E-state index in [1.165, 1.54) is 7.11 Å². The molecular formula is C22H25ClN4O3. The molecule has 0 saturated carbocycles. The normalized spacial score (nSPS) is 10.8. The van der Waals surface area contributed by atoms with Gasteiger partial charge in [0.2, 0.25) is 5.91 Å². The van der Waals surface area contributed by atoms with E-state index in [1.54, 1.807) is 16.5 Å². The molecule has 0 aliphatic rings. The van der Waals surface area contributed by atoms with Crippen LogP contribution in [0.25, 0.3) is 5.65 Å². The molecule has 3 rings (SSSR count). The predicted octanol–water partition coefficient (Wildman–Crippen LogP) is 4.07. The second kappa shape index (κ2) is 9.17. The summed E-state index contributed by atoms with van der Waals surface area (Å²) >= 11 is 6.09. The van der Waals surface area contributed by atoms with Crippen LogP contribution in [0, 0.1) is 20.8 Å². The van der Waals surface area contributed by atoms with Crippen molar-refractivity contribution in [1.29, 1.82) is 0 Å². The number of aryl methyl sites for hydroxylation is 3. The molecule has 2 amide bonds. The van der Waals surface area contributed by atoms with E-state index in [2.05, 4.69) is 15.6 Å². The van der Waals surface area contributed by atoms with E-state index in [0.717, 1.165) is 16.8 Å². The quantitative estimate of drug-likeness (QED) is 0.555. The number of benzene rings is 1. The second-order valence-corrected chi connectivity index (χ2v) is 7.55. The number of fused-ring (bicyclic) bond motifs is 1. The average molecular weight is 429 g/mol. The molecule has 0 radical (unpaired) electrons. The van der Waals surface area contributed by atoms with Crippen molar-refractivity contribution in [1.82, 2.24) is 14.7 Å². The van der Waals surface area contributed by atoms with Gasteiger partial charge >= 0.3 is 0 Å². The third-order valence-corrected chi connectivity index (χ3v) is 5.26. The highest BCUT2D eigenvalue weighted by atomic mass is 35.5. The van der Waals surface area contributed by atoms with Crippen LogP contribution in [-0.4, -0.2) is 34.9 Å². The lowest BCUT2D eigenvalue weighted by molar-refractivity contribution is -0.116. The number of imidazole rings is 1. The number of hydrogen-bond donors (Lipinski definition) is 2. The summed E-state index contributed by atoms with van der Waals surface area (Å²) in [5, 5.41) is 6.28. The maximum Gasteiger partial charge on any atom is 0.270 e. The van der Waals surface area contributed by atoms with Crippen molar-refractivity contribution >= 4 is 34.7 Å². The number of carbonyl (C=O) groups excluding carboxylic acids is 2. The van der Waals surface area contributed by atoms with Crippen molar-refractivity contribution in [3.63, 3.8) is 0 Å². The largest absolute Gasteiger partial charge is 0.495 e. The summed E-state index contributed by atoms with van der Waals surface area (Å²) in [4.78, 5) is 29.4. The summed E-state index contributed by atoms with van der Waals surface area (Å²) in [6.45, 7) is 6.01. The first-order chi connectivity index (χ1) is 14.3. The van der Waals surface area contributed by atoms with Crippen LogP contribution in [0.5, 0.6) is 5.75 Å². The third kappa shape index (κ3) is 4.57. The van der Waals surface area contributed by atoms with Gasteiger partial charge in [-0.05, 0) is 50.5 Å². The Kier molecular flexibility index (Phi) is 6.62. The average Bonchev–Trinajstić information content (AvgIpc) is 3.05. The Morgan fingerprint density at radius 3 is 2.70 bits per heavy atom. The van der Waals surface area contributed by atoms with Gasteiger partial charge < -0.3 is 15.4 Å². The van der Waals surface area contributed by atoms with E-state index >= 15 is 0 Å². The van der Waals surface area contributed by atoms with Gasteiger partial charge in [-0.25, -0.2) is 4.98 Å². The van der Waals surface area contributed by atoms with Gasteiger partial charge in [-0.3, -0.25) is 14.0 Å². The van der Waals surface area contributed by atoms with Crippen LogP contribution in [0.1, 0.15) is 40.2 Å². The SMILES string of the molecule is COc1cc(Cl)c(C)cc1NC(=O)CCCNC(=O)c1c(C)nc2c(C)cccn12. The lowest BCUT2D eigenvalue weighted by Crippen LogP contribution is -2.27. The Hall–Kier alpha value is -3.06. The monoisotopic (exact) mass is 428 g/mol. The van der Waals surface area contributed by atoms with E-state index in [0.29, 0.717) is 40.8 Å². The molecule has 0 atom stereocenters. The van der Waals surface area contributed by atoms with E-state index in [4.69, 9.17) is 16.3 Å². The molecule has 30 heavy (non-hydrogen) atoms. The minimum absolute atomic E-state index is 0.161. The van der Waals surface area contributed by atoms with Gasteiger partial charge in [0, 0.05) is 30.3 Å². The Bertz CT molecular complexity index is 1110. The molecule has 2 aromatic heterocycles. The Balaban J connectivity index is 1.55. The van der Waals surface area contributed by atoms with Gasteiger partial charge in [0.25, 0.3) is 5.91 Å². The van der Waals surface area contributed by atoms with Crippen LogP contribution in [0.15, 0.2) is 30.5 Å². The van der Waals surface area contributed by atoms with Crippen LogP contribution >= 0.6 is 11.6 Å². The van der Waals surface area contributed by atoms with Gasteiger partial charge in [0.05, 0.1) is 18.5 Å². The number of nitrogens with zero attached hydrogens (tertiary/aromatic N) is 2. The fraction of sp³-hybridized carbons (Fsp3) is 0.318. The predicted molar refractivity (Wildman–Crippen MR) is 118 cm³/mol. The molecule has 0 aliphatic heterocycles. The summed E-state index contributed by atoms with van der Waals surface area (Å²) in [6.07, 6.45) is 2.59. The van der Waals surface area contributed by atoms with Gasteiger partial charge in [-0.1, -0.05) is 17.7 Å². The Morgan fingerprint density at radius 2 is 1.97 bits per heavy atom. The molecule has 1 aromatic carbocycles. The topological polar surface area (TPSA) is 84.7 Å². The first kappa shape index (κ1) is 21.6. The fourth-order valence-electron chi connectivity index (χ4n) is 3.27. The highest BCUT2D eigenvalue weighted by Gasteiger charge is 2.17. The molecule has 0 bridgehead atoms. The van der Waals surface area contributed by atoms with Crippen LogP contribution < -0.4 is 15.4 Å². The molecule has 0 aliphatic carbocycles. The maximum atomic E-state index is 12.6. The molecule has 8 heteroatoms. The number of amides is 2. The van der Waals surface area contributed by atoms with E-state index in [1.807, 2.05) is 39.1 Å². The van der Waals surface area contributed by atoms with Crippen LogP contribution in [-0.2, 0) is 4.79 Å². The lowest BCUT2D eigenvalue weighted by atomic mass is 10.2. The van der Waals surface area contributed by atoms with Crippen molar-refractivity contribution in [3.05, 3.63) is 58.0 Å². The number of carbonyl (C=O) groups is 2. The summed E-state index contributed by atoms with van der Waals surface area (Å²) in [6, 6.07) is 7.29. The third-order valence-electron chi connectivity index (χ3n) is 4.86. The van der Waals surface area contributed by atoms with Crippen LogP contribution in [0.3, 0.4) is 0 Å². The molecule has 3 aromatic rings. The zero-order valence-corrected chi connectivity index (χ0v) is 18.3. The zero-order chi connectivity index (χ0) is 21.8. The van der Waals surface area contributed by atoms with Crippen molar-refractivity contribution in [2.75, 3.05) is 19.0 Å². The van der Waals surface area contributed by atoms with Crippen molar-refractivity contribution in [3.8, 4) is 5.75 Å². The standard InChI is InChI=1S/C22H25ClN4O3/c1-13-7-6-10-27-20(15(3)25-21(13)27)22(29)24-9-5-8-19(28)26-17-11-14(2)16(23)12-18(17)30-4/h6-7,10-12H,5,8-9H2,1-4H3,(H,24,29)(H,26,28). The summed E-state index contributed by atoms with van der Waals surface area (Å²) in [5.74, 6) is 0.137. The second-order valence-electron chi connectivity index (χ2n) is 7.14. The summed E-state index contributed by atoms with van der Waals surface area (Å²) < 4.78 is 7.06. The number of nitrogens with one attached hydrogen (secondary N) is 2. The lowest BCUT2D eigenvalue weighted by Gasteiger charge is -2.12. The minimum Gasteiger partial charge on any atom is -0.495 e. The van der Waals surface area contributed by atoms with Gasteiger partial charge in [0.1, 0.15) is 17.1 Å². The molecule has 2 N–H and O–H groups in total. The first-order valence-corrected chi connectivity index (χ1v) is 10.1. The van der Waals surface area contributed by atoms with Gasteiger partial charge in [-0.15, -0.1) is 0 Å². The number of anilines is 1. The number of hydrogen-bond acceptors (Lipinski definition) is 4. The maximum absolute atomic E-state index is 12.6. The highest BCUT2D eigenvalue weighted by Crippen LogP contribution is 2.31. The molecule has 0 fully saturated rings. The van der Waals surface area contributed by atoms with E-state index in [9.17, 15) is 9.59 Å². The molecule has 2 heterocycles. The van der Waals surface area contributed by atoms with Crippen LogP contribution in [0.2, 0.25) is 5.02 Å². The number of halogens is 1. The summed E-state index contributed by atoms with van der Waals surface area (Å²) in [5.41, 5.74) is 4.38. The number of methoxy groups -OCH3 is 1. The van der Waals surface area contributed by atoms with Crippen molar-refractivity contribution < 1.29 is 14.3 Å². The smallest absolute Gasteiger partial charge is 0.270 e. The molecule has 158 valence electrons. The number of pyridine rings is 1. The van der Waals surface area contributed by atoms with E-state index < -0.39 is 0 Å². The molecule has 0 saturated heterocycles. The minimum atomic E-state index is -0.207. The molecular weight excluding hydrogens is 404 g/mol. The highest BCUT2D eigenvalue weighted by molar-refractivity contribution is 6.31. The van der Waals surface area contributed by atoms with Gasteiger partial charge in [-0.2, -0.15) is 0 Å². The fourth-order valence-corrected chi connectivity index (χ4v) is 3.42. The van der Waals surface area contributed by atoms with Crippen molar-refractivity contribution in [2.24, 2.45) is 0 Å². The molecule has 0 spiro atoms. The molecule has 0 unspecified atom stereocenters. The van der Waals surface area contributed by atoms with Crippen LogP contribution in [0.4, 0.5) is 5.69 Å². The van der Waals surface area contributed by atoms with Crippen molar-refractivity contribution in [2.45, 2.75) is 33.6 Å². The van der Waals surface area contributed by atoms with Gasteiger partial charge in [0.15, 0.2) is 0 Å². The summed E-state index contributed by atoms with van der Waals surface area (Å²) in [7, 11) is 1.52. The van der Waals surface area contributed by atoms with E-state index in [-0.39, 0.29) is 18.2 Å². The first-order valence-electron chi connectivity index (χ1n) is 9.68. The Labute approximate surface area is 180 Å². The number of ether oxygens (including phenoxy) is 1. The molecule has 7 nitrogen and oxygen atoms in total.